The van der Waals surface area contributed by atoms with Crippen molar-refractivity contribution in [3.8, 4) is 51.4 Å². The number of fused-ring (bicyclic) bond motifs is 12. The van der Waals surface area contributed by atoms with Gasteiger partial charge in [-0.05, 0) is 353 Å². The van der Waals surface area contributed by atoms with Crippen LogP contribution in [0.2, 0.25) is 0 Å². The standard InChI is InChI=1S/C123H120B3N9O3/c1-73-61-106-112-109(64-73)133(88-43-49-91(136-22)50-44-88)100-55-25-76(67-94(100)124(112)97-70-82(121(13,14)15)34-58-103(97)130(106)85-37-28-79(29-38-85)118(4,5)6)115-127-116(77-26-56-101-95(68-77)125-98-71-83(122(16,17)18)35-59-104(98)131(86-39-30-80(31-40-86)119(7,8)9)107-62-74(2)65-110(113(107)125)134(101)89-45-51-92(137-23)52-46-89)129-117(128-115)78-27-57-102-96(69-78)126-99-72-84(123(19,20)21)36-60-105(99)132(87-41-32-81(33-42-87)120(10,11)12)108-63-75(3)66-111(114(108)126)135(102)90-47-53-93(138-24)54-48-90/h25-72H,1-24H3. The summed E-state index contributed by atoms with van der Waals surface area (Å²) >= 11 is 0. The van der Waals surface area contributed by atoms with E-state index in [-0.39, 0.29) is 52.6 Å². The molecule has 684 valence electrons. The third-order valence-electron chi connectivity index (χ3n) is 29.6. The topological polar surface area (TPSA) is 85.8 Å². The van der Waals surface area contributed by atoms with Crippen molar-refractivity contribution < 1.29 is 14.2 Å². The average Bonchev–Trinajstić information content (AvgIpc) is 0.700. The number of benzene rings is 15. The van der Waals surface area contributed by atoms with Crippen LogP contribution >= 0.6 is 0 Å². The Morgan fingerprint density at radius 1 is 0.196 bits per heavy atom. The quantitative estimate of drug-likeness (QED) is 0.109. The smallest absolute Gasteiger partial charge is 0.252 e. The number of ether oxygens (including phenoxy) is 3. The van der Waals surface area contributed by atoms with Gasteiger partial charge in [-0.1, -0.05) is 216 Å². The van der Waals surface area contributed by atoms with Crippen molar-refractivity contribution in [1.82, 2.24) is 15.0 Å². The summed E-state index contributed by atoms with van der Waals surface area (Å²) < 4.78 is 17.8. The van der Waals surface area contributed by atoms with Crippen LogP contribution in [0.5, 0.6) is 17.2 Å². The van der Waals surface area contributed by atoms with E-state index in [0.717, 1.165) is 169 Å². The maximum absolute atomic E-state index is 6.04. The summed E-state index contributed by atoms with van der Waals surface area (Å²) in [5, 5.41) is 0. The molecule has 0 amide bonds. The molecule has 0 aliphatic carbocycles. The number of aromatic nitrogens is 3. The molecule has 0 radical (unpaired) electrons. The molecule has 0 bridgehead atoms. The second-order valence-electron chi connectivity index (χ2n) is 45.1. The van der Waals surface area contributed by atoms with Crippen LogP contribution in [0, 0.1) is 20.8 Å². The highest BCUT2D eigenvalue weighted by Gasteiger charge is 2.50. The first-order valence-corrected chi connectivity index (χ1v) is 48.9. The molecule has 0 spiro atoms. The van der Waals surface area contributed by atoms with Gasteiger partial charge in [-0.25, -0.2) is 15.0 Å². The fourth-order valence-corrected chi connectivity index (χ4v) is 22.2. The molecular weight excluding hydrogens is 1680 g/mol. The van der Waals surface area contributed by atoms with Crippen molar-refractivity contribution >= 4 is 172 Å². The lowest BCUT2D eigenvalue weighted by Gasteiger charge is -2.45. The highest BCUT2D eigenvalue weighted by molar-refractivity contribution is 7.02. The second kappa shape index (κ2) is 32.2. The number of aryl methyl sites for hydroxylation is 3. The monoisotopic (exact) mass is 1800 g/mol. The summed E-state index contributed by atoms with van der Waals surface area (Å²) in [5.74, 6) is 3.98. The van der Waals surface area contributed by atoms with E-state index in [0.29, 0.717) is 17.5 Å². The molecule has 22 rings (SSSR count). The van der Waals surface area contributed by atoms with Gasteiger partial charge in [0.05, 0.1) is 21.3 Å². The van der Waals surface area contributed by atoms with E-state index in [9.17, 15) is 0 Å². The number of rotatable bonds is 12. The van der Waals surface area contributed by atoms with Crippen LogP contribution in [0.25, 0.3) is 34.2 Å². The molecule has 15 heteroatoms. The van der Waals surface area contributed by atoms with Gasteiger partial charge in [-0.15, -0.1) is 0 Å². The van der Waals surface area contributed by atoms with E-state index in [1.165, 1.54) is 66.2 Å². The predicted octanol–water partition coefficient (Wildman–Crippen LogP) is 25.9. The van der Waals surface area contributed by atoms with Gasteiger partial charge in [0.15, 0.2) is 17.5 Å². The van der Waals surface area contributed by atoms with Gasteiger partial charge in [-0.2, -0.15) is 0 Å². The Labute approximate surface area is 816 Å². The van der Waals surface area contributed by atoms with Crippen LogP contribution in [-0.4, -0.2) is 56.4 Å². The molecule has 1 aromatic heterocycles. The molecule has 138 heavy (non-hydrogen) atoms. The lowest BCUT2D eigenvalue weighted by Crippen LogP contribution is -2.61. The van der Waals surface area contributed by atoms with Gasteiger partial charge in [0.1, 0.15) is 17.2 Å². The molecule has 0 fully saturated rings. The van der Waals surface area contributed by atoms with E-state index in [1.54, 1.807) is 21.3 Å². The van der Waals surface area contributed by atoms with Crippen molar-refractivity contribution in [3.05, 3.63) is 341 Å². The van der Waals surface area contributed by atoms with Gasteiger partial charge in [0, 0.05) is 119 Å². The first kappa shape index (κ1) is 88.9. The summed E-state index contributed by atoms with van der Waals surface area (Å²) in [6, 6.07) is 111. The molecule has 16 aromatic rings. The highest BCUT2D eigenvalue weighted by atomic mass is 16.5. The third kappa shape index (κ3) is 14.8. The zero-order valence-electron chi connectivity index (χ0n) is 84.2. The molecular formula is C123H120B3N9O3. The van der Waals surface area contributed by atoms with Gasteiger partial charge < -0.3 is 43.6 Å². The van der Waals surface area contributed by atoms with E-state index in [4.69, 9.17) is 29.2 Å². The van der Waals surface area contributed by atoms with Crippen LogP contribution in [0.4, 0.5) is 102 Å². The average molecular weight is 1800 g/mol. The Balaban J connectivity index is 0.815. The van der Waals surface area contributed by atoms with Crippen molar-refractivity contribution in [2.45, 2.75) is 178 Å². The number of hydrogen-bond donors (Lipinski definition) is 0. The van der Waals surface area contributed by atoms with Crippen LogP contribution in [-0.2, 0) is 32.5 Å². The Morgan fingerprint density at radius 3 is 0.558 bits per heavy atom. The minimum absolute atomic E-state index is 0.0479. The molecule has 0 saturated carbocycles. The largest absolute Gasteiger partial charge is 0.497 e. The zero-order chi connectivity index (χ0) is 96.4. The molecule has 0 N–H and O–H groups in total. The van der Waals surface area contributed by atoms with Gasteiger partial charge >= 0.3 is 0 Å². The number of hydrogen-bond acceptors (Lipinski definition) is 12. The van der Waals surface area contributed by atoms with Crippen molar-refractivity contribution in [1.29, 1.82) is 0 Å². The summed E-state index contributed by atoms with van der Waals surface area (Å²) in [6.45, 7) is 47.6. The predicted molar refractivity (Wildman–Crippen MR) is 584 cm³/mol. The zero-order valence-corrected chi connectivity index (χ0v) is 84.2. The normalized spacial score (nSPS) is 14.0. The summed E-state index contributed by atoms with van der Waals surface area (Å²) in [4.78, 5) is 33.2. The molecule has 15 aromatic carbocycles. The molecule has 0 unspecified atom stereocenters. The van der Waals surface area contributed by atoms with E-state index in [1.807, 2.05) is 0 Å². The van der Waals surface area contributed by atoms with Crippen molar-refractivity contribution in [2.24, 2.45) is 0 Å². The SMILES string of the molecule is COc1ccc(N2c3ccc(-c4nc(-c5ccc6c(c5)B5c7cc(C(C)(C)C)ccc7N(c7ccc(C(C)(C)C)cc7)c7cc(C)cc(c75)N6c5ccc(OC)cc5)nc(-c5ccc6c(c5)B5c7cc(C(C)(C)C)ccc7N(c7ccc(C(C)(C)C)cc7)c7cc(C)cc(c75)N6c5ccc(OC)cc5)n4)cc3B3c4cc(C(C)(C)C)ccc4N(c4ccc(C(C)(C)C)cc4)c4cc(C)cc2c43)cc1. The van der Waals surface area contributed by atoms with E-state index >= 15 is 0 Å². The molecule has 12 nitrogen and oxygen atoms in total. The van der Waals surface area contributed by atoms with Crippen LogP contribution in [0.15, 0.2) is 291 Å². The van der Waals surface area contributed by atoms with E-state index in [2.05, 4.69) is 466 Å². The first-order chi connectivity index (χ1) is 65.8. The molecule has 6 aliphatic heterocycles. The van der Waals surface area contributed by atoms with Gasteiger partial charge in [0.25, 0.3) is 20.1 Å². The number of methoxy groups -OCH3 is 3. The molecule has 0 saturated heterocycles. The third-order valence-corrected chi connectivity index (χ3v) is 29.6. The van der Waals surface area contributed by atoms with Crippen molar-refractivity contribution in [3.63, 3.8) is 0 Å². The number of anilines is 18. The van der Waals surface area contributed by atoms with Gasteiger partial charge in [-0.3, -0.25) is 0 Å². The Hall–Kier alpha value is -14.3. The maximum atomic E-state index is 6.04. The minimum Gasteiger partial charge on any atom is -0.497 e. The second-order valence-corrected chi connectivity index (χ2v) is 45.1. The maximum Gasteiger partial charge on any atom is 0.252 e. The lowest BCUT2D eigenvalue weighted by atomic mass is 9.33. The van der Waals surface area contributed by atoms with Crippen LogP contribution < -0.4 is 92.8 Å². The molecule has 7 heterocycles. The van der Waals surface area contributed by atoms with E-state index < -0.39 is 0 Å². The fourth-order valence-electron chi connectivity index (χ4n) is 22.2. The van der Waals surface area contributed by atoms with Gasteiger partial charge in [0.2, 0.25) is 0 Å². The van der Waals surface area contributed by atoms with Crippen LogP contribution in [0.1, 0.15) is 175 Å². The minimum atomic E-state index is -0.258. The lowest BCUT2D eigenvalue weighted by molar-refractivity contribution is 0.414. The summed E-state index contributed by atoms with van der Waals surface area (Å²) in [6.07, 6.45) is 0. The first-order valence-electron chi connectivity index (χ1n) is 48.9. The molecule has 6 aliphatic rings. The molecule has 0 atom stereocenters. The Bertz CT molecular complexity index is 6910. The summed E-state index contributed by atoms with van der Waals surface area (Å²) in [5.41, 5.74) is 43.3. The summed E-state index contributed by atoms with van der Waals surface area (Å²) in [7, 11) is 5.22. The van der Waals surface area contributed by atoms with Crippen molar-refractivity contribution in [2.75, 3.05) is 50.7 Å². The Kier molecular flexibility index (Phi) is 20.7. The number of nitrogens with zero attached hydrogens (tertiary/aromatic N) is 9. The Morgan fingerprint density at radius 2 is 0.370 bits per heavy atom. The van der Waals surface area contributed by atoms with Crippen LogP contribution in [0.3, 0.4) is 0 Å². The fraction of sp³-hybridized carbons (Fsp3) is 0.244. The highest BCUT2D eigenvalue weighted by Crippen LogP contribution is 2.53.